The molecule has 120 valence electrons. The van der Waals surface area contributed by atoms with Crippen molar-refractivity contribution in [2.45, 2.75) is 63.5 Å². The molecule has 4 heteroatoms. The topological polar surface area (TPSA) is 33.1 Å². The van der Waals surface area contributed by atoms with Gasteiger partial charge in [-0.15, -0.1) is 0 Å². The van der Waals surface area contributed by atoms with Crippen molar-refractivity contribution in [2.24, 2.45) is 7.05 Å². The second-order valence-electron chi connectivity index (χ2n) is 6.70. The highest BCUT2D eigenvalue weighted by molar-refractivity contribution is 5.03. The number of aromatic nitrogens is 2. The third-order valence-corrected chi connectivity index (χ3v) is 5.23. The summed E-state index contributed by atoms with van der Waals surface area (Å²) in [7, 11) is 6.60. The molecule has 0 saturated heterocycles. The van der Waals surface area contributed by atoms with Crippen LogP contribution in [-0.2, 0) is 13.5 Å². The van der Waals surface area contributed by atoms with E-state index in [9.17, 15) is 0 Å². The molecule has 0 bridgehead atoms. The molecule has 1 saturated carbocycles. The van der Waals surface area contributed by atoms with E-state index >= 15 is 0 Å². The number of hydrogen-bond donors (Lipinski definition) is 1. The van der Waals surface area contributed by atoms with Crippen LogP contribution in [0.1, 0.15) is 51.3 Å². The fourth-order valence-electron chi connectivity index (χ4n) is 3.88. The fourth-order valence-corrected chi connectivity index (χ4v) is 3.88. The molecule has 1 atom stereocenters. The molecule has 1 N–H and O–H groups in total. The van der Waals surface area contributed by atoms with Crippen molar-refractivity contribution in [3.05, 3.63) is 18.2 Å². The van der Waals surface area contributed by atoms with Crippen LogP contribution >= 0.6 is 0 Å². The van der Waals surface area contributed by atoms with Gasteiger partial charge in [0, 0.05) is 37.4 Å². The molecule has 0 aromatic carbocycles. The van der Waals surface area contributed by atoms with Crippen LogP contribution in [0, 0.1) is 0 Å². The molecular formula is C17H32N4. The second-order valence-corrected chi connectivity index (χ2v) is 6.70. The van der Waals surface area contributed by atoms with Crippen molar-refractivity contribution in [3.63, 3.8) is 0 Å². The third-order valence-electron chi connectivity index (χ3n) is 5.23. The average molecular weight is 292 g/mol. The Bertz CT molecular complexity index is 418. The zero-order chi connectivity index (χ0) is 15.3. The van der Waals surface area contributed by atoms with Gasteiger partial charge in [0.15, 0.2) is 0 Å². The smallest absolute Gasteiger partial charge is 0.108 e. The van der Waals surface area contributed by atoms with Gasteiger partial charge in [0.2, 0.25) is 0 Å². The molecule has 0 aliphatic heterocycles. The average Bonchev–Trinajstić information content (AvgIpc) is 3.09. The quantitative estimate of drug-likeness (QED) is 0.799. The number of nitrogens with zero attached hydrogens (tertiary/aromatic N) is 3. The van der Waals surface area contributed by atoms with Gasteiger partial charge in [-0.1, -0.05) is 19.8 Å². The maximum atomic E-state index is 4.48. The predicted molar refractivity (Wildman–Crippen MR) is 88.5 cm³/mol. The molecular weight excluding hydrogens is 260 g/mol. The van der Waals surface area contributed by atoms with E-state index in [0.717, 1.165) is 13.0 Å². The Labute approximate surface area is 129 Å². The number of imidazole rings is 1. The van der Waals surface area contributed by atoms with Crippen molar-refractivity contribution in [2.75, 3.05) is 20.6 Å². The lowest BCUT2D eigenvalue weighted by atomic mass is 9.83. The minimum atomic E-state index is 0.334. The van der Waals surface area contributed by atoms with Gasteiger partial charge in [-0.25, -0.2) is 4.98 Å². The predicted octanol–water partition coefficient (Wildman–Crippen LogP) is 2.60. The van der Waals surface area contributed by atoms with Crippen LogP contribution in [0.4, 0.5) is 0 Å². The Morgan fingerprint density at radius 3 is 2.62 bits per heavy atom. The molecule has 1 aromatic heterocycles. The molecule has 2 rings (SSSR count). The highest BCUT2D eigenvalue weighted by Gasteiger charge is 2.42. The molecule has 0 radical (unpaired) electrons. The summed E-state index contributed by atoms with van der Waals surface area (Å²) in [6.45, 7) is 3.36. The van der Waals surface area contributed by atoms with Gasteiger partial charge in [0.25, 0.3) is 0 Å². The van der Waals surface area contributed by atoms with Crippen molar-refractivity contribution in [3.8, 4) is 0 Å². The zero-order valence-electron chi connectivity index (χ0n) is 14.2. The van der Waals surface area contributed by atoms with E-state index < -0.39 is 0 Å². The van der Waals surface area contributed by atoms with Crippen molar-refractivity contribution >= 4 is 0 Å². The van der Waals surface area contributed by atoms with Crippen LogP contribution in [0.5, 0.6) is 0 Å². The fraction of sp³-hybridized carbons (Fsp3) is 0.824. The minimum Gasteiger partial charge on any atom is -0.338 e. The number of likely N-dealkylation sites (N-methyl/N-ethyl adjacent to an activating group) is 1. The Balaban J connectivity index is 2.07. The lowest BCUT2D eigenvalue weighted by molar-refractivity contribution is 0.0996. The van der Waals surface area contributed by atoms with Gasteiger partial charge in [0.1, 0.15) is 5.82 Å². The summed E-state index contributed by atoms with van der Waals surface area (Å²) in [6, 6.07) is 0.562. The second kappa shape index (κ2) is 7.41. The Morgan fingerprint density at radius 1 is 1.38 bits per heavy atom. The molecule has 21 heavy (non-hydrogen) atoms. The van der Waals surface area contributed by atoms with Crippen LogP contribution in [0.25, 0.3) is 0 Å². The van der Waals surface area contributed by atoms with Crippen molar-refractivity contribution < 1.29 is 0 Å². The SMILES string of the molecule is CCCNC(CCc1nccn1C)C1(N(C)C)CCCC1. The summed E-state index contributed by atoms with van der Waals surface area (Å²) in [5, 5.41) is 3.84. The van der Waals surface area contributed by atoms with Gasteiger partial charge in [-0.3, -0.25) is 0 Å². The summed E-state index contributed by atoms with van der Waals surface area (Å²) in [4.78, 5) is 6.96. The van der Waals surface area contributed by atoms with Gasteiger partial charge in [-0.05, 0) is 46.3 Å². The lowest BCUT2D eigenvalue weighted by Crippen LogP contribution is -2.57. The van der Waals surface area contributed by atoms with E-state index in [1.807, 2.05) is 12.4 Å². The van der Waals surface area contributed by atoms with Gasteiger partial charge >= 0.3 is 0 Å². The summed E-state index contributed by atoms with van der Waals surface area (Å²) < 4.78 is 2.15. The monoisotopic (exact) mass is 292 g/mol. The molecule has 1 fully saturated rings. The van der Waals surface area contributed by atoms with E-state index in [0.29, 0.717) is 11.6 Å². The summed E-state index contributed by atoms with van der Waals surface area (Å²) >= 11 is 0. The van der Waals surface area contributed by atoms with Crippen molar-refractivity contribution in [1.82, 2.24) is 19.8 Å². The molecule has 1 aliphatic carbocycles. The van der Waals surface area contributed by atoms with E-state index in [-0.39, 0.29) is 0 Å². The first-order chi connectivity index (χ1) is 10.1. The summed E-state index contributed by atoms with van der Waals surface area (Å²) in [5.74, 6) is 1.20. The van der Waals surface area contributed by atoms with Gasteiger partial charge in [0.05, 0.1) is 0 Å². The van der Waals surface area contributed by atoms with Crippen LogP contribution < -0.4 is 5.32 Å². The lowest BCUT2D eigenvalue weighted by Gasteiger charge is -2.44. The Morgan fingerprint density at radius 2 is 2.10 bits per heavy atom. The van der Waals surface area contributed by atoms with Crippen LogP contribution in [0.2, 0.25) is 0 Å². The Hall–Kier alpha value is -0.870. The third kappa shape index (κ3) is 3.67. The molecule has 1 aromatic rings. The molecule has 0 amide bonds. The molecule has 4 nitrogen and oxygen atoms in total. The number of rotatable bonds is 8. The zero-order valence-corrected chi connectivity index (χ0v) is 14.2. The van der Waals surface area contributed by atoms with E-state index in [4.69, 9.17) is 0 Å². The first kappa shape index (κ1) is 16.5. The Kier molecular flexibility index (Phi) is 5.82. The summed E-state index contributed by atoms with van der Waals surface area (Å²) in [6.07, 6.45) is 12.7. The van der Waals surface area contributed by atoms with Crippen LogP contribution in [-0.4, -0.2) is 46.7 Å². The standard InChI is InChI=1S/C17H32N4/c1-5-12-18-15(8-9-16-19-13-14-21(16)4)17(20(2)3)10-6-7-11-17/h13-15,18H,5-12H2,1-4H3. The van der Waals surface area contributed by atoms with Gasteiger partial charge in [-0.2, -0.15) is 0 Å². The molecule has 1 heterocycles. The largest absolute Gasteiger partial charge is 0.338 e. The van der Waals surface area contributed by atoms with Crippen molar-refractivity contribution in [1.29, 1.82) is 0 Å². The number of nitrogens with one attached hydrogen (secondary N) is 1. The van der Waals surface area contributed by atoms with E-state index in [2.05, 4.69) is 47.8 Å². The first-order valence-corrected chi connectivity index (χ1v) is 8.47. The van der Waals surface area contributed by atoms with E-state index in [1.165, 1.54) is 44.3 Å². The molecule has 0 spiro atoms. The minimum absolute atomic E-state index is 0.334. The number of hydrogen-bond acceptors (Lipinski definition) is 3. The maximum Gasteiger partial charge on any atom is 0.108 e. The maximum absolute atomic E-state index is 4.48. The van der Waals surface area contributed by atoms with Crippen LogP contribution in [0.3, 0.4) is 0 Å². The molecule has 1 aliphatic rings. The van der Waals surface area contributed by atoms with Gasteiger partial charge < -0.3 is 14.8 Å². The van der Waals surface area contributed by atoms with E-state index in [1.54, 1.807) is 0 Å². The van der Waals surface area contributed by atoms with Crippen LogP contribution in [0.15, 0.2) is 12.4 Å². The first-order valence-electron chi connectivity index (χ1n) is 8.47. The highest BCUT2D eigenvalue weighted by atomic mass is 15.2. The highest BCUT2D eigenvalue weighted by Crippen LogP contribution is 2.38. The number of aryl methyl sites for hydroxylation is 2. The summed E-state index contributed by atoms with van der Waals surface area (Å²) in [5.41, 5.74) is 0.334. The normalized spacial score (nSPS) is 19.3. The molecule has 1 unspecified atom stereocenters.